The zero-order chi connectivity index (χ0) is 15.4. The van der Waals surface area contributed by atoms with E-state index in [4.69, 9.17) is 0 Å². The first kappa shape index (κ1) is 16.1. The van der Waals surface area contributed by atoms with Gasteiger partial charge >= 0.3 is 0 Å². The van der Waals surface area contributed by atoms with Crippen LogP contribution in [0.25, 0.3) is 0 Å². The summed E-state index contributed by atoms with van der Waals surface area (Å²) in [5.41, 5.74) is -0.369. The molecule has 2 atom stereocenters. The zero-order valence-electron chi connectivity index (χ0n) is 11.3. The quantitative estimate of drug-likeness (QED) is 0.638. The molecule has 1 rings (SSSR count). The van der Waals surface area contributed by atoms with Crippen LogP contribution in [0.5, 0.6) is 0 Å². The first-order valence-corrected chi connectivity index (χ1v) is 6.17. The molecule has 0 aliphatic carbocycles. The van der Waals surface area contributed by atoms with Gasteiger partial charge in [-0.2, -0.15) is 0 Å². The minimum Gasteiger partial charge on any atom is -0.545 e. The van der Waals surface area contributed by atoms with E-state index in [-0.39, 0.29) is 18.4 Å². The van der Waals surface area contributed by atoms with Crippen LogP contribution in [-0.4, -0.2) is 34.4 Å². The molecule has 0 aliphatic rings. The zero-order valence-corrected chi connectivity index (χ0v) is 11.3. The summed E-state index contributed by atoms with van der Waals surface area (Å²) in [5.74, 6) is -3.27. The average Bonchev–Trinajstić information content (AvgIpc) is 2.28. The summed E-state index contributed by atoms with van der Waals surface area (Å²) in [6.07, 6.45) is -1.49. The highest BCUT2D eigenvalue weighted by molar-refractivity contribution is 6.01. The molecule has 0 heterocycles. The second kappa shape index (κ2) is 6.49. The summed E-state index contributed by atoms with van der Waals surface area (Å²) >= 11 is 0. The fourth-order valence-electron chi connectivity index (χ4n) is 2.13. The molecule has 110 valence electrons. The Balaban J connectivity index is 3.52. The van der Waals surface area contributed by atoms with Gasteiger partial charge in [-0.05, 0) is 37.8 Å². The fourth-order valence-corrected chi connectivity index (χ4v) is 2.13. The molecule has 0 saturated carbocycles. The molecule has 0 aliphatic heterocycles. The number of carbonyl (C=O) groups excluding carboxylic acids is 2. The minimum atomic E-state index is -1.65. The number of rotatable bonds is 6. The van der Waals surface area contributed by atoms with Gasteiger partial charge in [-0.15, -0.1) is 0 Å². The van der Waals surface area contributed by atoms with Crippen LogP contribution in [0.15, 0.2) is 12.1 Å². The van der Waals surface area contributed by atoms with Crippen molar-refractivity contribution in [1.29, 1.82) is 0 Å². The highest BCUT2D eigenvalue weighted by atomic mass is 16.4. The molecular weight excluding hydrogens is 264 g/mol. The molecular formula is C14H16O6-2. The third-order valence-electron chi connectivity index (χ3n) is 2.85. The predicted molar refractivity (Wildman–Crippen MR) is 65.9 cm³/mol. The lowest BCUT2D eigenvalue weighted by atomic mass is 9.90. The molecule has 2 unspecified atom stereocenters. The lowest BCUT2D eigenvalue weighted by molar-refractivity contribution is -0.259. The molecule has 6 nitrogen and oxygen atoms in total. The fraction of sp³-hybridized carbons (Fsp3) is 0.429. The van der Waals surface area contributed by atoms with Crippen molar-refractivity contribution in [3.8, 4) is 0 Å². The van der Waals surface area contributed by atoms with E-state index in [1.54, 1.807) is 0 Å². The summed E-state index contributed by atoms with van der Waals surface area (Å²) in [6.45, 7) is 2.98. The Morgan fingerprint density at radius 2 is 1.60 bits per heavy atom. The maximum absolute atomic E-state index is 11.2. The first-order valence-electron chi connectivity index (χ1n) is 6.17. The van der Waals surface area contributed by atoms with Gasteiger partial charge in [0.15, 0.2) is 0 Å². The second-order valence-corrected chi connectivity index (χ2v) is 4.81. The molecule has 0 spiro atoms. The van der Waals surface area contributed by atoms with Crippen molar-refractivity contribution in [2.24, 2.45) is 0 Å². The summed E-state index contributed by atoms with van der Waals surface area (Å²) in [4.78, 5) is 22.2. The van der Waals surface area contributed by atoms with Gasteiger partial charge in [0.2, 0.25) is 0 Å². The Hall–Kier alpha value is -1.92. The molecule has 0 fully saturated rings. The van der Waals surface area contributed by atoms with E-state index in [9.17, 15) is 30.0 Å². The van der Waals surface area contributed by atoms with Crippen LogP contribution in [-0.2, 0) is 12.8 Å². The highest BCUT2D eigenvalue weighted by Crippen LogP contribution is 2.22. The number of hydrogen-bond donors (Lipinski definition) is 2. The Morgan fingerprint density at radius 3 is 2.00 bits per heavy atom. The molecule has 1 aromatic rings. The van der Waals surface area contributed by atoms with Crippen molar-refractivity contribution in [1.82, 2.24) is 0 Å². The monoisotopic (exact) mass is 280 g/mol. The molecule has 2 N–H and O–H groups in total. The third-order valence-corrected chi connectivity index (χ3v) is 2.85. The SMILES string of the molecule is CC(O)Cc1ccc(C(=O)[O-])c(C(=O)[O-])c1CC(C)O. The van der Waals surface area contributed by atoms with Gasteiger partial charge in [0, 0.05) is 11.1 Å². The van der Waals surface area contributed by atoms with E-state index < -0.39 is 35.3 Å². The number of benzene rings is 1. The van der Waals surface area contributed by atoms with Crippen molar-refractivity contribution in [3.05, 3.63) is 34.4 Å². The van der Waals surface area contributed by atoms with Crippen LogP contribution in [0.1, 0.15) is 45.7 Å². The van der Waals surface area contributed by atoms with E-state index in [0.29, 0.717) is 5.56 Å². The van der Waals surface area contributed by atoms with Gasteiger partial charge in [-0.3, -0.25) is 0 Å². The lowest BCUT2D eigenvalue weighted by Crippen LogP contribution is -2.32. The maximum atomic E-state index is 11.2. The third kappa shape index (κ3) is 3.79. The second-order valence-electron chi connectivity index (χ2n) is 4.81. The van der Waals surface area contributed by atoms with Gasteiger partial charge in [0.25, 0.3) is 0 Å². The van der Waals surface area contributed by atoms with Crippen LogP contribution in [0, 0.1) is 0 Å². The smallest absolute Gasteiger partial charge is 0.0724 e. The lowest BCUT2D eigenvalue weighted by Gasteiger charge is -2.21. The molecule has 20 heavy (non-hydrogen) atoms. The van der Waals surface area contributed by atoms with Crippen LogP contribution in [0.4, 0.5) is 0 Å². The minimum absolute atomic E-state index is 0.0491. The number of carboxylic acid groups (broad SMARTS) is 2. The maximum Gasteiger partial charge on any atom is 0.0724 e. The van der Waals surface area contributed by atoms with Gasteiger partial charge in [-0.1, -0.05) is 12.1 Å². The van der Waals surface area contributed by atoms with E-state index >= 15 is 0 Å². The van der Waals surface area contributed by atoms with Crippen molar-refractivity contribution < 1.29 is 30.0 Å². The van der Waals surface area contributed by atoms with E-state index in [1.165, 1.54) is 19.9 Å². The molecule has 0 saturated heterocycles. The van der Waals surface area contributed by atoms with Crippen molar-refractivity contribution in [2.75, 3.05) is 0 Å². The first-order chi connectivity index (χ1) is 9.23. The summed E-state index contributed by atoms with van der Waals surface area (Å²) in [6, 6.07) is 2.53. The summed E-state index contributed by atoms with van der Waals surface area (Å²) in [5, 5.41) is 41.1. The van der Waals surface area contributed by atoms with E-state index in [2.05, 4.69) is 0 Å². The average molecular weight is 280 g/mol. The number of hydrogen-bond acceptors (Lipinski definition) is 6. The summed E-state index contributed by atoms with van der Waals surface area (Å²) in [7, 11) is 0. The standard InChI is InChI=1S/C14H18O6/c1-7(15)5-9-3-4-10(13(17)18)12(14(19)20)11(9)6-8(2)16/h3-4,7-8,15-16H,5-6H2,1-2H3,(H,17,18)(H,19,20)/p-2. The Bertz CT molecular complexity index is 519. The number of carboxylic acids is 2. The Kier molecular flexibility index (Phi) is 5.24. The Morgan fingerprint density at radius 1 is 1.05 bits per heavy atom. The molecule has 0 radical (unpaired) electrons. The van der Waals surface area contributed by atoms with Crippen LogP contribution >= 0.6 is 0 Å². The molecule has 1 aromatic carbocycles. The van der Waals surface area contributed by atoms with Gasteiger partial charge < -0.3 is 30.0 Å². The number of carbonyl (C=O) groups is 2. The van der Waals surface area contributed by atoms with Crippen LogP contribution in [0.2, 0.25) is 0 Å². The predicted octanol–water partition coefficient (Wildman–Crippen LogP) is -1.74. The number of aromatic carboxylic acids is 2. The van der Waals surface area contributed by atoms with Crippen molar-refractivity contribution in [2.45, 2.75) is 38.9 Å². The molecule has 0 bridgehead atoms. The van der Waals surface area contributed by atoms with E-state index in [1.807, 2.05) is 0 Å². The van der Waals surface area contributed by atoms with Crippen molar-refractivity contribution in [3.63, 3.8) is 0 Å². The topological polar surface area (TPSA) is 121 Å². The van der Waals surface area contributed by atoms with Gasteiger partial charge in [-0.25, -0.2) is 0 Å². The normalized spacial score (nSPS) is 13.8. The summed E-state index contributed by atoms with van der Waals surface area (Å²) < 4.78 is 0. The Labute approximate surface area is 116 Å². The number of aliphatic hydroxyl groups excluding tert-OH is 2. The molecule has 0 aromatic heterocycles. The van der Waals surface area contributed by atoms with Gasteiger partial charge in [0.1, 0.15) is 0 Å². The van der Waals surface area contributed by atoms with Crippen LogP contribution in [0.3, 0.4) is 0 Å². The van der Waals surface area contributed by atoms with Crippen molar-refractivity contribution >= 4 is 11.9 Å². The van der Waals surface area contributed by atoms with Gasteiger partial charge in [0.05, 0.1) is 24.1 Å². The number of aliphatic hydroxyl groups is 2. The van der Waals surface area contributed by atoms with E-state index in [0.717, 1.165) is 6.07 Å². The highest BCUT2D eigenvalue weighted by Gasteiger charge is 2.17. The largest absolute Gasteiger partial charge is 0.545 e. The van der Waals surface area contributed by atoms with Crippen LogP contribution < -0.4 is 10.2 Å². The molecule has 6 heteroatoms. The molecule has 0 amide bonds.